The summed E-state index contributed by atoms with van der Waals surface area (Å²) in [6.07, 6.45) is 1.80. The zero-order valence-corrected chi connectivity index (χ0v) is 11.0. The van der Waals surface area contributed by atoms with Crippen molar-refractivity contribution in [1.82, 2.24) is 4.98 Å². The Bertz CT molecular complexity index is 508. The van der Waals surface area contributed by atoms with Crippen LogP contribution in [0.25, 0.3) is 0 Å². The van der Waals surface area contributed by atoms with Gasteiger partial charge < -0.3 is 11.1 Å². The number of hydrogen-bond donors (Lipinski definition) is 2. The molecule has 0 fully saturated rings. The molecule has 0 saturated heterocycles. The number of hydrogen-bond acceptors (Lipinski definition) is 4. The normalized spacial score (nSPS) is 12.1. The van der Waals surface area contributed by atoms with Gasteiger partial charge in [0.25, 0.3) is 0 Å². The Labute approximate surface area is 110 Å². The molecular formula is C12H13N3S2. The van der Waals surface area contributed by atoms with Gasteiger partial charge in [-0.3, -0.25) is 0 Å². The number of nitrogens with two attached hydrogens (primary N) is 1. The van der Waals surface area contributed by atoms with Crippen molar-refractivity contribution in [2.45, 2.75) is 13.0 Å². The summed E-state index contributed by atoms with van der Waals surface area (Å²) in [7, 11) is 0. The van der Waals surface area contributed by atoms with Gasteiger partial charge in [-0.05, 0) is 19.1 Å². The van der Waals surface area contributed by atoms with E-state index in [0.717, 1.165) is 16.3 Å². The molecule has 3 N–H and O–H groups in total. The molecule has 0 spiro atoms. The van der Waals surface area contributed by atoms with E-state index in [-0.39, 0.29) is 6.04 Å². The lowest BCUT2D eigenvalue weighted by Gasteiger charge is -2.15. The van der Waals surface area contributed by atoms with Gasteiger partial charge in [-0.2, -0.15) is 0 Å². The molecule has 1 unspecified atom stereocenters. The molecule has 0 amide bonds. The van der Waals surface area contributed by atoms with Crippen LogP contribution in [0.15, 0.2) is 35.8 Å². The minimum Gasteiger partial charge on any atom is -0.389 e. The van der Waals surface area contributed by atoms with E-state index in [0.29, 0.717) is 4.99 Å². The second-order valence-electron chi connectivity index (χ2n) is 3.65. The summed E-state index contributed by atoms with van der Waals surface area (Å²) in [5.41, 5.74) is 7.50. The summed E-state index contributed by atoms with van der Waals surface area (Å²) in [6, 6.07) is 7.91. The summed E-state index contributed by atoms with van der Waals surface area (Å²) in [6.45, 7) is 2.06. The van der Waals surface area contributed by atoms with Crippen LogP contribution in [0.4, 0.5) is 5.69 Å². The van der Waals surface area contributed by atoms with Gasteiger partial charge in [-0.15, -0.1) is 11.3 Å². The average Bonchev–Trinajstić information content (AvgIpc) is 2.83. The van der Waals surface area contributed by atoms with Crippen molar-refractivity contribution < 1.29 is 0 Å². The molecule has 5 heteroatoms. The second kappa shape index (κ2) is 5.25. The molecule has 17 heavy (non-hydrogen) atoms. The first kappa shape index (κ1) is 12.0. The fraction of sp³-hybridized carbons (Fsp3) is 0.167. The molecule has 0 aliphatic heterocycles. The molecule has 1 aromatic heterocycles. The highest BCUT2D eigenvalue weighted by molar-refractivity contribution is 7.80. The lowest BCUT2D eigenvalue weighted by molar-refractivity contribution is 0.869. The smallest absolute Gasteiger partial charge is 0.115 e. The zero-order chi connectivity index (χ0) is 12.3. The minimum atomic E-state index is 0.144. The van der Waals surface area contributed by atoms with Crippen LogP contribution in [0.5, 0.6) is 0 Å². The van der Waals surface area contributed by atoms with Crippen molar-refractivity contribution in [3.8, 4) is 0 Å². The number of thiazole rings is 1. The molecular weight excluding hydrogens is 250 g/mol. The van der Waals surface area contributed by atoms with Crippen molar-refractivity contribution in [1.29, 1.82) is 0 Å². The van der Waals surface area contributed by atoms with E-state index in [1.54, 1.807) is 17.5 Å². The highest BCUT2D eigenvalue weighted by Crippen LogP contribution is 2.23. The van der Waals surface area contributed by atoms with Crippen molar-refractivity contribution in [3.63, 3.8) is 0 Å². The average molecular weight is 263 g/mol. The SMILES string of the molecule is CC(Nc1ccccc1C(N)=S)c1nccs1. The van der Waals surface area contributed by atoms with Crippen molar-refractivity contribution in [2.75, 3.05) is 5.32 Å². The van der Waals surface area contributed by atoms with Gasteiger partial charge in [0, 0.05) is 22.8 Å². The number of aromatic nitrogens is 1. The monoisotopic (exact) mass is 263 g/mol. The third kappa shape index (κ3) is 2.81. The second-order valence-corrected chi connectivity index (χ2v) is 5.01. The van der Waals surface area contributed by atoms with Crippen LogP contribution in [-0.2, 0) is 0 Å². The van der Waals surface area contributed by atoms with Gasteiger partial charge in [0.05, 0.1) is 6.04 Å². The van der Waals surface area contributed by atoms with Crippen LogP contribution in [-0.4, -0.2) is 9.97 Å². The van der Waals surface area contributed by atoms with Gasteiger partial charge in [0.15, 0.2) is 0 Å². The first-order valence-electron chi connectivity index (χ1n) is 5.23. The van der Waals surface area contributed by atoms with E-state index >= 15 is 0 Å². The van der Waals surface area contributed by atoms with E-state index in [1.165, 1.54) is 0 Å². The van der Waals surface area contributed by atoms with Crippen LogP contribution >= 0.6 is 23.6 Å². The molecule has 2 aromatic rings. The summed E-state index contributed by atoms with van der Waals surface area (Å²) < 4.78 is 0. The van der Waals surface area contributed by atoms with E-state index < -0.39 is 0 Å². The Hall–Kier alpha value is -1.46. The summed E-state index contributed by atoms with van der Waals surface area (Å²) >= 11 is 6.65. The third-order valence-electron chi connectivity index (χ3n) is 2.39. The Balaban J connectivity index is 2.21. The minimum absolute atomic E-state index is 0.144. The number of benzene rings is 1. The van der Waals surface area contributed by atoms with E-state index in [2.05, 4.69) is 17.2 Å². The third-order valence-corrected chi connectivity index (χ3v) is 3.56. The molecule has 2 rings (SSSR count). The fourth-order valence-corrected chi connectivity index (χ4v) is 2.39. The Morgan fingerprint density at radius 1 is 1.47 bits per heavy atom. The number of anilines is 1. The maximum Gasteiger partial charge on any atom is 0.115 e. The topological polar surface area (TPSA) is 50.9 Å². The fourth-order valence-electron chi connectivity index (χ4n) is 1.57. The van der Waals surface area contributed by atoms with Gasteiger partial charge in [0.1, 0.15) is 10.00 Å². The van der Waals surface area contributed by atoms with Crippen LogP contribution < -0.4 is 11.1 Å². The zero-order valence-electron chi connectivity index (χ0n) is 9.38. The van der Waals surface area contributed by atoms with Crippen molar-refractivity contribution in [3.05, 3.63) is 46.4 Å². The van der Waals surface area contributed by atoms with Gasteiger partial charge in [-0.25, -0.2) is 4.98 Å². The molecule has 0 radical (unpaired) electrons. The Morgan fingerprint density at radius 2 is 2.24 bits per heavy atom. The van der Waals surface area contributed by atoms with Crippen LogP contribution in [0.3, 0.4) is 0 Å². The molecule has 3 nitrogen and oxygen atoms in total. The van der Waals surface area contributed by atoms with E-state index in [4.69, 9.17) is 18.0 Å². The predicted octanol–water partition coefficient (Wildman–Crippen LogP) is 2.95. The molecule has 1 aromatic carbocycles. The first-order chi connectivity index (χ1) is 8.18. The van der Waals surface area contributed by atoms with E-state index in [9.17, 15) is 0 Å². The maximum absolute atomic E-state index is 5.69. The number of rotatable bonds is 4. The molecule has 1 atom stereocenters. The van der Waals surface area contributed by atoms with Crippen LogP contribution in [0, 0.1) is 0 Å². The molecule has 0 bridgehead atoms. The number of para-hydroxylation sites is 1. The molecule has 0 aliphatic carbocycles. The predicted molar refractivity (Wildman–Crippen MR) is 76.5 cm³/mol. The summed E-state index contributed by atoms with van der Waals surface area (Å²) in [5, 5.41) is 6.38. The molecule has 1 heterocycles. The molecule has 0 aliphatic rings. The first-order valence-corrected chi connectivity index (χ1v) is 6.52. The largest absolute Gasteiger partial charge is 0.389 e. The lowest BCUT2D eigenvalue weighted by atomic mass is 10.1. The van der Waals surface area contributed by atoms with E-state index in [1.807, 2.05) is 29.6 Å². The standard InChI is InChI=1S/C12H13N3S2/c1-8(12-14-6-7-17-12)15-10-5-3-2-4-9(10)11(13)16/h2-8,15H,1H3,(H2,13,16). The number of thiocarbonyl (C=S) groups is 1. The molecule has 0 saturated carbocycles. The number of nitrogens with zero attached hydrogens (tertiary/aromatic N) is 1. The quantitative estimate of drug-likeness (QED) is 0.833. The van der Waals surface area contributed by atoms with Crippen molar-refractivity contribution >= 4 is 34.2 Å². The Kier molecular flexibility index (Phi) is 3.71. The Morgan fingerprint density at radius 3 is 2.88 bits per heavy atom. The molecule has 88 valence electrons. The number of nitrogens with one attached hydrogen (secondary N) is 1. The highest BCUT2D eigenvalue weighted by atomic mass is 32.1. The van der Waals surface area contributed by atoms with Crippen LogP contribution in [0.2, 0.25) is 0 Å². The van der Waals surface area contributed by atoms with Gasteiger partial charge >= 0.3 is 0 Å². The summed E-state index contributed by atoms with van der Waals surface area (Å²) in [5.74, 6) is 0. The van der Waals surface area contributed by atoms with Gasteiger partial charge in [-0.1, -0.05) is 24.4 Å². The van der Waals surface area contributed by atoms with Gasteiger partial charge in [0.2, 0.25) is 0 Å². The van der Waals surface area contributed by atoms with Crippen LogP contribution in [0.1, 0.15) is 23.5 Å². The maximum atomic E-state index is 5.69. The highest BCUT2D eigenvalue weighted by Gasteiger charge is 2.10. The van der Waals surface area contributed by atoms with Crippen molar-refractivity contribution in [2.24, 2.45) is 5.73 Å². The summed E-state index contributed by atoms with van der Waals surface area (Å²) in [4.78, 5) is 4.68. The lowest BCUT2D eigenvalue weighted by Crippen LogP contribution is -2.14.